The van der Waals surface area contributed by atoms with Crippen molar-refractivity contribution in [1.82, 2.24) is 14.5 Å². The summed E-state index contributed by atoms with van der Waals surface area (Å²) in [5.74, 6) is 0. The maximum atomic E-state index is 5.34. The summed E-state index contributed by atoms with van der Waals surface area (Å²) < 4.78 is 2.42. The van der Waals surface area contributed by atoms with E-state index in [-0.39, 0.29) is 0 Å². The number of rotatable bonds is 3. The number of nitrogens with zero attached hydrogens (tertiary/aromatic N) is 3. The van der Waals surface area contributed by atoms with Gasteiger partial charge in [-0.3, -0.25) is 0 Å². The van der Waals surface area contributed by atoms with Crippen molar-refractivity contribution in [1.29, 1.82) is 0 Å². The minimum atomic E-state index is 0.888. The lowest BCUT2D eigenvalue weighted by atomic mass is 10.00. The maximum absolute atomic E-state index is 5.34. The standard InChI is InChI=1S/C44H27N3/c1-3-13-30(14-4-1)42-43(31-15-5-2-6-16-31)46-44-36-23-22-33(27-32(36)19-24-37(44)45-42)47-38-25-20-28-11-7-9-17-34(28)40(38)41-35-18-10-8-12-29(35)21-26-39(41)47/h1-27H. The van der Waals surface area contributed by atoms with Crippen molar-refractivity contribution in [3.8, 4) is 28.2 Å². The van der Waals surface area contributed by atoms with Crippen LogP contribution in [0.25, 0.3) is 93.4 Å². The van der Waals surface area contributed by atoms with Crippen LogP contribution in [0.3, 0.4) is 0 Å². The van der Waals surface area contributed by atoms with Crippen molar-refractivity contribution in [2.75, 3.05) is 0 Å². The Morgan fingerprint density at radius 3 is 1.53 bits per heavy atom. The average Bonchev–Trinajstić information content (AvgIpc) is 3.50. The largest absolute Gasteiger partial charge is 0.309 e. The summed E-state index contributed by atoms with van der Waals surface area (Å²) in [6.45, 7) is 0. The monoisotopic (exact) mass is 597 g/mol. The molecule has 0 unspecified atom stereocenters. The van der Waals surface area contributed by atoms with E-state index in [1.165, 1.54) is 43.4 Å². The van der Waals surface area contributed by atoms with Gasteiger partial charge < -0.3 is 4.57 Å². The first-order valence-corrected chi connectivity index (χ1v) is 16.0. The Balaban J connectivity index is 1.25. The molecule has 0 saturated heterocycles. The molecule has 0 bridgehead atoms. The zero-order valence-electron chi connectivity index (χ0n) is 25.4. The quantitative estimate of drug-likeness (QED) is 0.190. The molecule has 0 N–H and O–H groups in total. The van der Waals surface area contributed by atoms with E-state index in [1.807, 2.05) is 12.1 Å². The van der Waals surface area contributed by atoms with Gasteiger partial charge in [-0.2, -0.15) is 0 Å². The van der Waals surface area contributed by atoms with Gasteiger partial charge in [-0.05, 0) is 57.3 Å². The second-order valence-corrected chi connectivity index (χ2v) is 12.2. The van der Waals surface area contributed by atoms with E-state index < -0.39 is 0 Å². The molecule has 0 radical (unpaired) electrons. The van der Waals surface area contributed by atoms with E-state index in [0.717, 1.165) is 50.0 Å². The smallest absolute Gasteiger partial charge is 0.0973 e. The van der Waals surface area contributed by atoms with Crippen LogP contribution in [0.15, 0.2) is 164 Å². The summed E-state index contributed by atoms with van der Waals surface area (Å²) in [7, 11) is 0. The molecule has 47 heavy (non-hydrogen) atoms. The number of hydrogen-bond donors (Lipinski definition) is 0. The Morgan fingerprint density at radius 1 is 0.383 bits per heavy atom. The normalized spacial score (nSPS) is 11.8. The molecule has 3 heteroatoms. The lowest BCUT2D eigenvalue weighted by Crippen LogP contribution is -1.97. The predicted molar refractivity (Wildman–Crippen MR) is 197 cm³/mol. The Hall–Kier alpha value is -6.32. The van der Waals surface area contributed by atoms with Crippen LogP contribution in [0, 0.1) is 0 Å². The van der Waals surface area contributed by atoms with Gasteiger partial charge in [-0.15, -0.1) is 0 Å². The minimum Gasteiger partial charge on any atom is -0.309 e. The van der Waals surface area contributed by atoms with Gasteiger partial charge in [0.1, 0.15) is 0 Å². The predicted octanol–water partition coefficient (Wildman–Crippen LogP) is 11.5. The fourth-order valence-corrected chi connectivity index (χ4v) is 7.40. The summed E-state index contributed by atoms with van der Waals surface area (Å²) in [6, 6.07) is 58.3. The Bertz CT molecular complexity index is 2740. The van der Waals surface area contributed by atoms with Gasteiger partial charge in [-0.1, -0.05) is 133 Å². The molecule has 0 saturated carbocycles. The van der Waals surface area contributed by atoms with Crippen molar-refractivity contribution in [3.05, 3.63) is 164 Å². The van der Waals surface area contributed by atoms with E-state index >= 15 is 0 Å². The fraction of sp³-hybridized carbons (Fsp3) is 0. The van der Waals surface area contributed by atoms with Gasteiger partial charge in [0.2, 0.25) is 0 Å². The molecule has 0 fully saturated rings. The number of hydrogen-bond acceptors (Lipinski definition) is 2. The van der Waals surface area contributed by atoms with E-state index in [1.54, 1.807) is 0 Å². The first-order valence-electron chi connectivity index (χ1n) is 16.0. The van der Waals surface area contributed by atoms with Crippen molar-refractivity contribution in [3.63, 3.8) is 0 Å². The Labute approximate surface area is 271 Å². The highest BCUT2D eigenvalue weighted by molar-refractivity contribution is 6.28. The van der Waals surface area contributed by atoms with E-state index in [9.17, 15) is 0 Å². The third-order valence-corrected chi connectivity index (χ3v) is 9.53. The zero-order valence-corrected chi connectivity index (χ0v) is 25.4. The third-order valence-electron chi connectivity index (χ3n) is 9.53. The van der Waals surface area contributed by atoms with Gasteiger partial charge in [0.15, 0.2) is 0 Å². The molecular weight excluding hydrogens is 571 g/mol. The maximum Gasteiger partial charge on any atom is 0.0973 e. The fourth-order valence-electron chi connectivity index (χ4n) is 7.40. The van der Waals surface area contributed by atoms with Gasteiger partial charge in [0, 0.05) is 33.0 Å². The van der Waals surface area contributed by atoms with Crippen LogP contribution in [0.1, 0.15) is 0 Å². The average molecular weight is 598 g/mol. The molecule has 218 valence electrons. The van der Waals surface area contributed by atoms with Crippen LogP contribution in [-0.2, 0) is 0 Å². The van der Waals surface area contributed by atoms with Gasteiger partial charge >= 0.3 is 0 Å². The molecule has 8 aromatic carbocycles. The van der Waals surface area contributed by atoms with Crippen LogP contribution in [0.4, 0.5) is 0 Å². The molecule has 0 aliphatic carbocycles. The van der Waals surface area contributed by atoms with Gasteiger partial charge in [0.05, 0.1) is 33.5 Å². The summed E-state index contributed by atoms with van der Waals surface area (Å²) >= 11 is 0. The summed E-state index contributed by atoms with van der Waals surface area (Å²) in [6.07, 6.45) is 0. The SMILES string of the molecule is c1ccc(-c2nc3ccc4cc(-n5c6ccc7ccccc7c6c6c7ccccc7ccc65)ccc4c3nc2-c2ccccc2)cc1. The molecule has 10 rings (SSSR count). The highest BCUT2D eigenvalue weighted by atomic mass is 15.0. The molecule has 0 atom stereocenters. The number of benzene rings is 8. The van der Waals surface area contributed by atoms with Gasteiger partial charge in [0.25, 0.3) is 0 Å². The molecule has 0 aliphatic heterocycles. The molecular formula is C44H27N3. The van der Waals surface area contributed by atoms with E-state index in [2.05, 4.69) is 156 Å². The van der Waals surface area contributed by atoms with E-state index in [0.29, 0.717) is 0 Å². The number of aromatic nitrogens is 3. The minimum absolute atomic E-state index is 0.888. The molecule has 0 amide bonds. The summed E-state index contributed by atoms with van der Waals surface area (Å²) in [5, 5.41) is 9.85. The van der Waals surface area contributed by atoms with Crippen LogP contribution >= 0.6 is 0 Å². The second kappa shape index (κ2) is 10.1. The lowest BCUT2D eigenvalue weighted by molar-refractivity contribution is 1.19. The molecule has 0 aliphatic rings. The van der Waals surface area contributed by atoms with Crippen LogP contribution in [-0.4, -0.2) is 14.5 Å². The summed E-state index contributed by atoms with van der Waals surface area (Å²) in [4.78, 5) is 10.6. The highest BCUT2D eigenvalue weighted by Crippen LogP contribution is 2.41. The van der Waals surface area contributed by atoms with Crippen LogP contribution < -0.4 is 0 Å². The Morgan fingerprint density at radius 2 is 0.915 bits per heavy atom. The third kappa shape index (κ3) is 3.93. The highest BCUT2D eigenvalue weighted by Gasteiger charge is 2.19. The second-order valence-electron chi connectivity index (χ2n) is 12.2. The van der Waals surface area contributed by atoms with Crippen molar-refractivity contribution in [2.24, 2.45) is 0 Å². The number of fused-ring (bicyclic) bond motifs is 10. The van der Waals surface area contributed by atoms with Gasteiger partial charge in [-0.25, -0.2) is 9.97 Å². The topological polar surface area (TPSA) is 30.7 Å². The van der Waals surface area contributed by atoms with Crippen LogP contribution in [0.5, 0.6) is 0 Å². The lowest BCUT2D eigenvalue weighted by Gasteiger charge is -2.13. The molecule has 10 aromatic rings. The molecule has 0 spiro atoms. The Kier molecular flexibility index (Phi) is 5.57. The van der Waals surface area contributed by atoms with Crippen molar-refractivity contribution < 1.29 is 0 Å². The molecule has 2 aromatic heterocycles. The van der Waals surface area contributed by atoms with E-state index in [4.69, 9.17) is 9.97 Å². The zero-order chi connectivity index (χ0) is 30.9. The van der Waals surface area contributed by atoms with Crippen molar-refractivity contribution in [2.45, 2.75) is 0 Å². The molecule has 3 nitrogen and oxygen atoms in total. The molecule has 2 heterocycles. The van der Waals surface area contributed by atoms with Crippen molar-refractivity contribution >= 4 is 65.2 Å². The van der Waals surface area contributed by atoms with Crippen LogP contribution in [0.2, 0.25) is 0 Å². The first kappa shape index (κ1) is 26.0. The summed E-state index contributed by atoms with van der Waals surface area (Å²) in [5.41, 5.74) is 9.22. The first-order chi connectivity index (χ1) is 23.3.